The highest BCUT2D eigenvalue weighted by atomic mass is 32.2. The van der Waals surface area contributed by atoms with E-state index in [0.29, 0.717) is 26.2 Å². The number of carbonyl (C=O) groups excluding carboxylic acids is 2. The Morgan fingerprint density at radius 1 is 1.04 bits per heavy atom. The Bertz CT molecular complexity index is 759. The van der Waals surface area contributed by atoms with Crippen LogP contribution < -0.4 is 4.72 Å². The highest BCUT2D eigenvalue weighted by Crippen LogP contribution is 2.26. The lowest BCUT2D eigenvalue weighted by Gasteiger charge is -2.36. The number of piperazine rings is 1. The number of hydrogen-bond acceptors (Lipinski definition) is 5. The van der Waals surface area contributed by atoms with E-state index in [1.165, 1.54) is 25.6 Å². The first-order chi connectivity index (χ1) is 12.4. The maximum Gasteiger partial charge on any atom is 0.289 e. The minimum atomic E-state index is -3.71. The fourth-order valence-electron chi connectivity index (χ4n) is 3.57. The van der Waals surface area contributed by atoms with E-state index in [0.717, 1.165) is 25.7 Å². The van der Waals surface area contributed by atoms with Crippen molar-refractivity contribution in [2.45, 2.75) is 37.2 Å². The molecule has 0 unspecified atom stereocenters. The first-order valence-corrected chi connectivity index (χ1v) is 10.5. The zero-order valence-electron chi connectivity index (χ0n) is 14.9. The topological polar surface area (TPSA) is 99.9 Å². The van der Waals surface area contributed by atoms with Crippen molar-refractivity contribution in [1.82, 2.24) is 14.5 Å². The summed E-state index contributed by atoms with van der Waals surface area (Å²) in [5.41, 5.74) is 0. The van der Waals surface area contributed by atoms with Gasteiger partial charge >= 0.3 is 0 Å². The SMILES string of the molecule is CNS(=O)(=O)c1ccc(C(=O)N2CCN(C(=O)C3CCCCC3)CC2)o1. The minimum absolute atomic E-state index is 0.00844. The molecule has 1 saturated heterocycles. The minimum Gasteiger partial charge on any atom is -0.438 e. The predicted molar refractivity (Wildman–Crippen MR) is 94.0 cm³/mol. The van der Waals surface area contributed by atoms with E-state index in [-0.39, 0.29) is 28.6 Å². The molecule has 0 spiro atoms. The number of hydrogen-bond donors (Lipinski definition) is 1. The molecule has 2 fully saturated rings. The van der Waals surface area contributed by atoms with Gasteiger partial charge in [-0.3, -0.25) is 9.59 Å². The van der Waals surface area contributed by atoms with Crippen molar-refractivity contribution in [2.75, 3.05) is 33.2 Å². The second-order valence-corrected chi connectivity index (χ2v) is 8.60. The zero-order chi connectivity index (χ0) is 18.7. The molecular weight excluding hydrogens is 358 g/mol. The van der Waals surface area contributed by atoms with Gasteiger partial charge < -0.3 is 14.2 Å². The molecule has 1 aliphatic carbocycles. The Morgan fingerprint density at radius 2 is 1.65 bits per heavy atom. The van der Waals surface area contributed by atoms with Gasteiger partial charge in [0.15, 0.2) is 5.76 Å². The zero-order valence-corrected chi connectivity index (χ0v) is 15.8. The van der Waals surface area contributed by atoms with E-state index >= 15 is 0 Å². The molecule has 144 valence electrons. The number of carbonyl (C=O) groups is 2. The van der Waals surface area contributed by atoms with Gasteiger partial charge in [0.2, 0.25) is 11.0 Å². The molecule has 8 nitrogen and oxygen atoms in total. The number of sulfonamides is 1. The molecule has 0 atom stereocenters. The van der Waals surface area contributed by atoms with Crippen LogP contribution in [0, 0.1) is 5.92 Å². The van der Waals surface area contributed by atoms with Gasteiger partial charge in [0.05, 0.1) is 0 Å². The molecule has 2 amide bonds. The van der Waals surface area contributed by atoms with E-state index in [1.54, 1.807) is 4.90 Å². The summed E-state index contributed by atoms with van der Waals surface area (Å²) >= 11 is 0. The summed E-state index contributed by atoms with van der Waals surface area (Å²) < 4.78 is 30.8. The highest BCUT2D eigenvalue weighted by Gasteiger charge is 2.31. The van der Waals surface area contributed by atoms with Gasteiger partial charge in [0, 0.05) is 32.1 Å². The monoisotopic (exact) mass is 383 g/mol. The van der Waals surface area contributed by atoms with Crippen LogP contribution in [0.25, 0.3) is 0 Å². The highest BCUT2D eigenvalue weighted by molar-refractivity contribution is 7.89. The Labute approximate surface area is 153 Å². The third kappa shape index (κ3) is 3.93. The van der Waals surface area contributed by atoms with Gasteiger partial charge in [-0.1, -0.05) is 19.3 Å². The third-order valence-corrected chi connectivity index (χ3v) is 6.45. The van der Waals surface area contributed by atoms with Gasteiger partial charge in [0.25, 0.3) is 15.9 Å². The molecule has 0 radical (unpaired) electrons. The molecule has 3 rings (SSSR count). The summed E-state index contributed by atoms with van der Waals surface area (Å²) in [5, 5.41) is -0.283. The normalized spacial score (nSPS) is 19.6. The maximum absolute atomic E-state index is 12.6. The van der Waals surface area contributed by atoms with Crippen molar-refractivity contribution in [3.63, 3.8) is 0 Å². The lowest BCUT2D eigenvalue weighted by molar-refractivity contribution is -0.138. The van der Waals surface area contributed by atoms with Gasteiger partial charge in [-0.05, 0) is 32.0 Å². The van der Waals surface area contributed by atoms with Gasteiger partial charge in [-0.25, -0.2) is 13.1 Å². The van der Waals surface area contributed by atoms with E-state index in [9.17, 15) is 18.0 Å². The summed E-state index contributed by atoms with van der Waals surface area (Å²) in [7, 11) is -2.43. The standard InChI is InChI=1S/C17H25N3O5S/c1-18-26(23,24)15-8-7-14(25-15)17(22)20-11-9-19(10-12-20)16(21)13-5-3-2-4-6-13/h7-8,13,18H,2-6,9-12H2,1H3. The molecule has 1 saturated carbocycles. The quantitative estimate of drug-likeness (QED) is 0.838. The number of furan rings is 1. The average molecular weight is 383 g/mol. The summed E-state index contributed by atoms with van der Waals surface area (Å²) in [6.07, 6.45) is 5.37. The van der Waals surface area contributed by atoms with Crippen molar-refractivity contribution < 1.29 is 22.4 Å². The van der Waals surface area contributed by atoms with Crippen LogP contribution in [0.15, 0.2) is 21.6 Å². The Morgan fingerprint density at radius 3 is 2.27 bits per heavy atom. The summed E-state index contributed by atoms with van der Waals surface area (Å²) in [6, 6.07) is 2.63. The van der Waals surface area contributed by atoms with Crippen LogP contribution in [-0.4, -0.2) is 63.3 Å². The number of amides is 2. The van der Waals surface area contributed by atoms with Crippen molar-refractivity contribution >= 4 is 21.8 Å². The second-order valence-electron chi connectivity index (χ2n) is 6.78. The summed E-state index contributed by atoms with van der Waals surface area (Å²) in [5.74, 6) is -0.0271. The van der Waals surface area contributed by atoms with Crippen molar-refractivity contribution in [3.05, 3.63) is 17.9 Å². The second kappa shape index (κ2) is 7.79. The fourth-order valence-corrected chi connectivity index (χ4v) is 4.22. The van der Waals surface area contributed by atoms with Crippen LogP contribution in [-0.2, 0) is 14.8 Å². The third-order valence-electron chi connectivity index (χ3n) is 5.16. The molecule has 2 heterocycles. The van der Waals surface area contributed by atoms with E-state index in [4.69, 9.17) is 4.42 Å². The number of rotatable bonds is 4. The van der Waals surface area contributed by atoms with E-state index in [2.05, 4.69) is 4.72 Å². The van der Waals surface area contributed by atoms with E-state index < -0.39 is 10.0 Å². The summed E-state index contributed by atoms with van der Waals surface area (Å²) in [4.78, 5) is 28.5. The smallest absolute Gasteiger partial charge is 0.289 e. The molecule has 0 aromatic carbocycles. The van der Waals surface area contributed by atoms with Crippen molar-refractivity contribution in [2.24, 2.45) is 5.92 Å². The molecule has 1 aliphatic heterocycles. The molecule has 1 N–H and O–H groups in total. The average Bonchev–Trinajstić information content (AvgIpc) is 3.19. The van der Waals surface area contributed by atoms with Gasteiger partial charge in [0.1, 0.15) is 0 Å². The molecule has 1 aromatic heterocycles. The molecular formula is C17H25N3O5S. The Kier molecular flexibility index (Phi) is 5.67. The maximum atomic E-state index is 12.6. The molecule has 2 aliphatic rings. The van der Waals surface area contributed by atoms with Crippen LogP contribution in [0.4, 0.5) is 0 Å². The summed E-state index contributed by atoms with van der Waals surface area (Å²) in [6.45, 7) is 1.85. The van der Waals surface area contributed by atoms with Crippen molar-refractivity contribution in [3.8, 4) is 0 Å². The largest absolute Gasteiger partial charge is 0.438 e. The van der Waals surface area contributed by atoms with Crippen LogP contribution in [0.2, 0.25) is 0 Å². The lowest BCUT2D eigenvalue weighted by atomic mass is 9.88. The first-order valence-electron chi connectivity index (χ1n) is 9.04. The fraction of sp³-hybridized carbons (Fsp3) is 0.647. The predicted octanol–water partition coefficient (Wildman–Crippen LogP) is 1.05. The van der Waals surface area contributed by atoms with Crippen LogP contribution in [0.1, 0.15) is 42.7 Å². The molecule has 1 aromatic rings. The first kappa shape index (κ1) is 18.9. The van der Waals surface area contributed by atoms with E-state index in [1.807, 2.05) is 4.90 Å². The molecule has 0 bridgehead atoms. The van der Waals surface area contributed by atoms with Crippen LogP contribution in [0.3, 0.4) is 0 Å². The number of nitrogens with one attached hydrogen (secondary N) is 1. The van der Waals surface area contributed by atoms with Crippen LogP contribution >= 0.6 is 0 Å². The number of nitrogens with zero attached hydrogens (tertiary/aromatic N) is 2. The Balaban J connectivity index is 1.57. The van der Waals surface area contributed by atoms with Gasteiger partial charge in [-0.2, -0.15) is 0 Å². The molecule has 26 heavy (non-hydrogen) atoms. The van der Waals surface area contributed by atoms with Crippen LogP contribution in [0.5, 0.6) is 0 Å². The Hall–Kier alpha value is -1.87. The van der Waals surface area contributed by atoms with Gasteiger partial charge in [-0.15, -0.1) is 0 Å². The lowest BCUT2D eigenvalue weighted by Crippen LogP contribution is -2.52. The molecule has 9 heteroatoms. The van der Waals surface area contributed by atoms with Crippen molar-refractivity contribution in [1.29, 1.82) is 0 Å².